The zero-order valence-electron chi connectivity index (χ0n) is 7.04. The van der Waals surface area contributed by atoms with E-state index in [1.165, 1.54) is 19.2 Å². The molecule has 0 unspecified atom stereocenters. The Bertz CT molecular complexity index is 304. The Kier molecular flexibility index (Phi) is 3.36. The molecule has 0 radical (unpaired) electrons. The fourth-order valence-electron chi connectivity index (χ4n) is 0.912. The first-order valence-corrected chi connectivity index (χ1v) is 3.99. The van der Waals surface area contributed by atoms with Crippen molar-refractivity contribution in [1.29, 1.82) is 0 Å². The third-order valence-electron chi connectivity index (χ3n) is 1.60. The van der Waals surface area contributed by atoms with E-state index in [0.29, 0.717) is 10.6 Å². The highest BCUT2D eigenvalue weighted by Crippen LogP contribution is 2.33. The van der Waals surface area contributed by atoms with Gasteiger partial charge >= 0.3 is 0 Å². The molecule has 5 heteroatoms. The fourth-order valence-corrected chi connectivity index (χ4v) is 1.13. The quantitative estimate of drug-likeness (QED) is 0.514. The Morgan fingerprint density at radius 3 is 2.77 bits per heavy atom. The van der Waals surface area contributed by atoms with Crippen molar-refractivity contribution >= 4 is 11.6 Å². The van der Waals surface area contributed by atoms with Gasteiger partial charge in [-0.3, -0.25) is 0 Å². The summed E-state index contributed by atoms with van der Waals surface area (Å²) in [5.41, 5.74) is 2.92. The van der Waals surface area contributed by atoms with Crippen LogP contribution in [0.4, 0.5) is 0 Å². The molecule has 0 spiro atoms. The standard InChI is InChI=1S/C8H10ClNO3/c1-13-10-4-5-6(9)2-3-7(11)8(5)12/h2-3,10-12H,4H2,1H3. The smallest absolute Gasteiger partial charge is 0.163 e. The highest BCUT2D eigenvalue weighted by Gasteiger charge is 2.09. The molecule has 0 fully saturated rings. The lowest BCUT2D eigenvalue weighted by molar-refractivity contribution is 0.0861. The van der Waals surface area contributed by atoms with Crippen molar-refractivity contribution < 1.29 is 15.1 Å². The minimum atomic E-state index is -0.225. The van der Waals surface area contributed by atoms with E-state index in [1.807, 2.05) is 0 Å². The molecule has 0 amide bonds. The summed E-state index contributed by atoms with van der Waals surface area (Å²) in [6, 6.07) is 2.83. The number of hydrogen-bond acceptors (Lipinski definition) is 4. The van der Waals surface area contributed by atoms with Crippen LogP contribution in [0.1, 0.15) is 5.56 Å². The topological polar surface area (TPSA) is 61.7 Å². The summed E-state index contributed by atoms with van der Waals surface area (Å²) in [6.07, 6.45) is 0. The molecule has 4 nitrogen and oxygen atoms in total. The maximum Gasteiger partial charge on any atom is 0.163 e. The second-order valence-corrected chi connectivity index (χ2v) is 2.83. The Balaban J connectivity index is 2.96. The van der Waals surface area contributed by atoms with Crippen LogP contribution in [0.25, 0.3) is 0 Å². The molecular formula is C8H10ClNO3. The van der Waals surface area contributed by atoms with Gasteiger partial charge < -0.3 is 15.1 Å². The van der Waals surface area contributed by atoms with Crippen molar-refractivity contribution in [3.63, 3.8) is 0 Å². The third-order valence-corrected chi connectivity index (χ3v) is 1.95. The summed E-state index contributed by atoms with van der Waals surface area (Å²) < 4.78 is 0. The molecule has 72 valence electrons. The molecule has 0 atom stereocenters. The van der Waals surface area contributed by atoms with Crippen LogP contribution < -0.4 is 5.48 Å². The number of nitrogens with one attached hydrogen (secondary N) is 1. The number of phenolic OH excluding ortho intramolecular Hbond substituents is 2. The van der Waals surface area contributed by atoms with Crippen LogP contribution in [-0.2, 0) is 11.4 Å². The predicted molar refractivity (Wildman–Crippen MR) is 48.6 cm³/mol. The van der Waals surface area contributed by atoms with Gasteiger partial charge in [-0.2, -0.15) is 5.48 Å². The van der Waals surface area contributed by atoms with Gasteiger partial charge in [0.2, 0.25) is 0 Å². The van der Waals surface area contributed by atoms with E-state index in [2.05, 4.69) is 10.3 Å². The van der Waals surface area contributed by atoms with E-state index < -0.39 is 0 Å². The summed E-state index contributed by atoms with van der Waals surface area (Å²) in [5.74, 6) is -0.422. The first-order chi connectivity index (χ1) is 6.16. The van der Waals surface area contributed by atoms with Crippen LogP contribution in [0.3, 0.4) is 0 Å². The summed E-state index contributed by atoms with van der Waals surface area (Å²) in [6.45, 7) is 0.232. The lowest BCUT2D eigenvalue weighted by Gasteiger charge is -2.08. The number of rotatable bonds is 3. The van der Waals surface area contributed by atoms with Crippen LogP contribution >= 0.6 is 11.6 Å². The van der Waals surface area contributed by atoms with E-state index in [0.717, 1.165) is 0 Å². The Hall–Kier alpha value is -0.970. The van der Waals surface area contributed by atoms with Crippen molar-refractivity contribution in [3.05, 3.63) is 22.7 Å². The third kappa shape index (κ3) is 2.24. The van der Waals surface area contributed by atoms with Crippen molar-refractivity contribution in [3.8, 4) is 11.5 Å². The second-order valence-electron chi connectivity index (χ2n) is 2.42. The minimum absolute atomic E-state index is 0.197. The van der Waals surface area contributed by atoms with E-state index in [1.54, 1.807) is 0 Å². The molecule has 0 bridgehead atoms. The molecule has 0 aliphatic carbocycles. The zero-order chi connectivity index (χ0) is 9.84. The van der Waals surface area contributed by atoms with Crippen LogP contribution in [-0.4, -0.2) is 17.3 Å². The van der Waals surface area contributed by atoms with Gasteiger partial charge in [0.1, 0.15) is 0 Å². The highest BCUT2D eigenvalue weighted by atomic mass is 35.5. The van der Waals surface area contributed by atoms with Gasteiger partial charge in [0.25, 0.3) is 0 Å². The Morgan fingerprint density at radius 1 is 1.46 bits per heavy atom. The predicted octanol–water partition coefficient (Wildman–Crippen LogP) is 1.40. The van der Waals surface area contributed by atoms with Crippen molar-refractivity contribution in [2.24, 2.45) is 0 Å². The highest BCUT2D eigenvalue weighted by molar-refractivity contribution is 6.31. The largest absolute Gasteiger partial charge is 0.504 e. The number of halogens is 1. The lowest BCUT2D eigenvalue weighted by Crippen LogP contribution is -2.11. The first kappa shape index (κ1) is 10.1. The van der Waals surface area contributed by atoms with Gasteiger partial charge in [0, 0.05) is 10.6 Å². The van der Waals surface area contributed by atoms with Crippen molar-refractivity contribution in [2.75, 3.05) is 7.11 Å². The second kappa shape index (κ2) is 4.32. The summed E-state index contributed by atoms with van der Waals surface area (Å²) in [7, 11) is 1.45. The molecule has 0 aliphatic rings. The molecule has 0 heterocycles. The Morgan fingerprint density at radius 2 is 2.15 bits per heavy atom. The van der Waals surface area contributed by atoms with Gasteiger partial charge in [0.05, 0.1) is 13.7 Å². The van der Waals surface area contributed by atoms with Gasteiger partial charge in [-0.1, -0.05) is 11.6 Å². The molecule has 3 N–H and O–H groups in total. The number of hydrogen-bond donors (Lipinski definition) is 3. The molecular weight excluding hydrogens is 194 g/mol. The molecule has 13 heavy (non-hydrogen) atoms. The first-order valence-electron chi connectivity index (χ1n) is 3.62. The van der Waals surface area contributed by atoms with Gasteiger partial charge in [-0.05, 0) is 12.1 Å². The number of hydroxylamine groups is 1. The Labute approximate surface area is 80.7 Å². The average Bonchev–Trinajstić information content (AvgIpc) is 2.12. The van der Waals surface area contributed by atoms with Crippen LogP contribution in [0, 0.1) is 0 Å². The summed E-state index contributed by atoms with van der Waals surface area (Å²) >= 11 is 5.77. The molecule has 1 aromatic rings. The SMILES string of the molecule is CONCc1c(Cl)ccc(O)c1O. The van der Waals surface area contributed by atoms with Crippen LogP contribution in [0.15, 0.2) is 12.1 Å². The lowest BCUT2D eigenvalue weighted by atomic mass is 10.2. The molecule has 1 rings (SSSR count). The molecule has 0 saturated heterocycles. The monoisotopic (exact) mass is 203 g/mol. The molecule has 0 aromatic heterocycles. The summed E-state index contributed by atoms with van der Waals surface area (Å²) in [5, 5.41) is 18.9. The summed E-state index contributed by atoms with van der Waals surface area (Å²) in [4.78, 5) is 4.59. The number of benzene rings is 1. The fraction of sp³-hybridized carbons (Fsp3) is 0.250. The van der Waals surface area contributed by atoms with Crippen molar-refractivity contribution in [2.45, 2.75) is 6.54 Å². The molecule has 0 saturated carbocycles. The minimum Gasteiger partial charge on any atom is -0.504 e. The van der Waals surface area contributed by atoms with Gasteiger partial charge in [-0.15, -0.1) is 0 Å². The van der Waals surface area contributed by atoms with Gasteiger partial charge in [-0.25, -0.2) is 0 Å². The van der Waals surface area contributed by atoms with Crippen molar-refractivity contribution in [1.82, 2.24) is 5.48 Å². The van der Waals surface area contributed by atoms with E-state index >= 15 is 0 Å². The van der Waals surface area contributed by atoms with E-state index in [-0.39, 0.29) is 18.0 Å². The molecule has 0 aliphatic heterocycles. The maximum atomic E-state index is 9.38. The van der Waals surface area contributed by atoms with Crippen LogP contribution in [0.2, 0.25) is 5.02 Å². The van der Waals surface area contributed by atoms with Crippen LogP contribution in [0.5, 0.6) is 11.5 Å². The zero-order valence-corrected chi connectivity index (χ0v) is 7.80. The number of phenols is 2. The van der Waals surface area contributed by atoms with E-state index in [9.17, 15) is 5.11 Å². The normalized spacial score (nSPS) is 10.3. The maximum absolute atomic E-state index is 9.38. The van der Waals surface area contributed by atoms with E-state index in [4.69, 9.17) is 16.7 Å². The van der Waals surface area contributed by atoms with Gasteiger partial charge in [0.15, 0.2) is 11.5 Å². The average molecular weight is 204 g/mol. The number of aromatic hydroxyl groups is 2. The molecule has 1 aromatic carbocycles.